The molecule has 2 rings (SSSR count). The molecule has 0 spiro atoms. The van der Waals surface area contributed by atoms with Crippen LogP contribution >= 0.6 is 0 Å². The lowest BCUT2D eigenvalue weighted by Crippen LogP contribution is -2.03. The van der Waals surface area contributed by atoms with Crippen molar-refractivity contribution in [3.63, 3.8) is 0 Å². The van der Waals surface area contributed by atoms with Crippen LogP contribution in [0.25, 0.3) is 10.8 Å². The molecule has 0 aliphatic carbocycles. The highest BCUT2D eigenvalue weighted by Crippen LogP contribution is 2.21. The molecule has 104 valence electrons. The molecule has 2 aromatic rings. The lowest BCUT2D eigenvalue weighted by atomic mass is 10.1. The topological polar surface area (TPSA) is 38.7 Å². The van der Waals surface area contributed by atoms with Crippen LogP contribution in [0.4, 0.5) is 0 Å². The van der Waals surface area contributed by atoms with Gasteiger partial charge in [0.25, 0.3) is 0 Å². The molecule has 0 aromatic heterocycles. The number of fused-ring (bicyclic) bond motifs is 1. The Morgan fingerprint density at radius 1 is 1.05 bits per heavy atom. The zero-order valence-electron chi connectivity index (χ0n) is 11.6. The number of aliphatic hydroxyl groups excluding tert-OH is 1. The Labute approximate surface area is 119 Å². The molecular formula is C17H18O3. The summed E-state index contributed by atoms with van der Waals surface area (Å²) in [6.07, 6.45) is 0.504. The van der Waals surface area contributed by atoms with Crippen LogP contribution in [0.3, 0.4) is 0 Å². The number of hydrogen-bond donors (Lipinski definition) is 1. The van der Waals surface area contributed by atoms with E-state index in [1.165, 1.54) is 0 Å². The lowest BCUT2D eigenvalue weighted by molar-refractivity contribution is 0.146. The van der Waals surface area contributed by atoms with Crippen molar-refractivity contribution in [2.24, 2.45) is 0 Å². The van der Waals surface area contributed by atoms with E-state index in [1.807, 2.05) is 36.4 Å². The van der Waals surface area contributed by atoms with Gasteiger partial charge < -0.3 is 14.6 Å². The Balaban J connectivity index is 2.15. The lowest BCUT2D eigenvalue weighted by Gasteiger charge is -2.06. The number of aliphatic hydroxyl groups is 1. The zero-order chi connectivity index (χ0) is 14.2. The Hall–Kier alpha value is -2.02. The fourth-order valence-corrected chi connectivity index (χ4v) is 1.85. The zero-order valence-corrected chi connectivity index (χ0v) is 11.6. The Bertz CT molecular complexity index is 623. The first-order chi connectivity index (χ1) is 9.83. The summed E-state index contributed by atoms with van der Waals surface area (Å²) in [6.45, 7) is 1.23. The molecule has 0 saturated heterocycles. The summed E-state index contributed by atoms with van der Waals surface area (Å²) in [5, 5.41) is 11.0. The van der Waals surface area contributed by atoms with Gasteiger partial charge in [0.05, 0.1) is 13.2 Å². The van der Waals surface area contributed by atoms with Crippen molar-refractivity contribution in [3.05, 3.63) is 42.0 Å². The van der Waals surface area contributed by atoms with Gasteiger partial charge in [0.1, 0.15) is 12.4 Å². The maximum absolute atomic E-state index is 8.71. The molecule has 0 unspecified atom stereocenters. The summed E-state index contributed by atoms with van der Waals surface area (Å²) in [4.78, 5) is 0. The maximum atomic E-state index is 8.71. The van der Waals surface area contributed by atoms with Crippen LogP contribution < -0.4 is 4.74 Å². The molecule has 1 N–H and O–H groups in total. The van der Waals surface area contributed by atoms with Gasteiger partial charge in [-0.3, -0.25) is 0 Å². The first-order valence-corrected chi connectivity index (χ1v) is 6.59. The van der Waals surface area contributed by atoms with Crippen LogP contribution in [0.1, 0.15) is 12.0 Å². The van der Waals surface area contributed by atoms with Gasteiger partial charge in [-0.1, -0.05) is 24.0 Å². The molecule has 0 aliphatic heterocycles. The monoisotopic (exact) mass is 270 g/mol. The number of methoxy groups -OCH3 is 1. The van der Waals surface area contributed by atoms with E-state index in [2.05, 4.69) is 11.8 Å². The summed E-state index contributed by atoms with van der Waals surface area (Å²) in [6, 6.07) is 12.0. The van der Waals surface area contributed by atoms with Crippen LogP contribution in [0.2, 0.25) is 0 Å². The second-order valence-electron chi connectivity index (χ2n) is 4.34. The Kier molecular flexibility index (Phi) is 5.43. The van der Waals surface area contributed by atoms with E-state index >= 15 is 0 Å². The van der Waals surface area contributed by atoms with Crippen molar-refractivity contribution in [1.82, 2.24) is 0 Å². The van der Waals surface area contributed by atoms with Crippen molar-refractivity contribution in [2.45, 2.75) is 6.42 Å². The minimum absolute atomic E-state index is 0.1000. The van der Waals surface area contributed by atoms with E-state index < -0.39 is 0 Å². The first-order valence-electron chi connectivity index (χ1n) is 6.59. The van der Waals surface area contributed by atoms with Gasteiger partial charge in [0.2, 0.25) is 0 Å². The van der Waals surface area contributed by atoms with Crippen LogP contribution in [-0.2, 0) is 4.74 Å². The van der Waals surface area contributed by atoms with Crippen LogP contribution in [0.15, 0.2) is 36.4 Å². The van der Waals surface area contributed by atoms with Gasteiger partial charge in [-0.15, -0.1) is 0 Å². The SMILES string of the molecule is COCCOc1ccc2cc(C#CCCO)ccc2c1. The Morgan fingerprint density at radius 2 is 1.85 bits per heavy atom. The van der Waals surface area contributed by atoms with Gasteiger partial charge in [-0.05, 0) is 35.0 Å². The van der Waals surface area contributed by atoms with E-state index in [0.29, 0.717) is 19.6 Å². The molecule has 0 amide bonds. The molecule has 2 aromatic carbocycles. The van der Waals surface area contributed by atoms with E-state index in [-0.39, 0.29) is 6.61 Å². The standard InChI is InChI=1S/C17H18O3/c1-19-10-11-20-17-8-7-15-12-14(4-2-3-9-18)5-6-16(15)13-17/h5-8,12-13,18H,3,9-11H2,1H3. The second kappa shape index (κ2) is 7.54. The van der Waals surface area contributed by atoms with E-state index in [1.54, 1.807) is 7.11 Å². The van der Waals surface area contributed by atoms with Crippen LogP contribution in [0.5, 0.6) is 5.75 Å². The van der Waals surface area contributed by atoms with Crippen molar-refractivity contribution in [3.8, 4) is 17.6 Å². The van der Waals surface area contributed by atoms with Crippen molar-refractivity contribution in [2.75, 3.05) is 26.9 Å². The van der Waals surface area contributed by atoms with Gasteiger partial charge >= 0.3 is 0 Å². The second-order valence-corrected chi connectivity index (χ2v) is 4.34. The largest absolute Gasteiger partial charge is 0.491 e. The highest BCUT2D eigenvalue weighted by Gasteiger charge is 1.98. The van der Waals surface area contributed by atoms with Gasteiger partial charge in [0, 0.05) is 19.1 Å². The van der Waals surface area contributed by atoms with Crippen molar-refractivity contribution < 1.29 is 14.6 Å². The predicted molar refractivity (Wildman–Crippen MR) is 79.9 cm³/mol. The molecule has 0 aliphatic rings. The van der Waals surface area contributed by atoms with E-state index in [0.717, 1.165) is 22.1 Å². The number of rotatable bonds is 5. The third-order valence-corrected chi connectivity index (χ3v) is 2.84. The molecule has 0 saturated carbocycles. The van der Waals surface area contributed by atoms with Gasteiger partial charge in [-0.25, -0.2) is 0 Å². The minimum atomic E-state index is 0.1000. The molecule has 3 nitrogen and oxygen atoms in total. The minimum Gasteiger partial charge on any atom is -0.491 e. The van der Waals surface area contributed by atoms with Gasteiger partial charge in [0.15, 0.2) is 0 Å². The normalized spacial score (nSPS) is 10.1. The average Bonchev–Trinajstić information content (AvgIpc) is 2.48. The molecule has 3 heteroatoms. The summed E-state index contributed by atoms with van der Waals surface area (Å²) >= 11 is 0. The fourth-order valence-electron chi connectivity index (χ4n) is 1.85. The van der Waals surface area contributed by atoms with Crippen LogP contribution in [-0.4, -0.2) is 32.0 Å². The first kappa shape index (κ1) is 14.4. The van der Waals surface area contributed by atoms with Crippen molar-refractivity contribution in [1.29, 1.82) is 0 Å². The smallest absolute Gasteiger partial charge is 0.120 e. The van der Waals surface area contributed by atoms with Gasteiger partial charge in [-0.2, -0.15) is 0 Å². The van der Waals surface area contributed by atoms with Crippen LogP contribution in [0, 0.1) is 11.8 Å². The highest BCUT2D eigenvalue weighted by atomic mass is 16.5. The van der Waals surface area contributed by atoms with Crippen molar-refractivity contribution >= 4 is 10.8 Å². The van der Waals surface area contributed by atoms with E-state index in [4.69, 9.17) is 14.6 Å². The maximum Gasteiger partial charge on any atom is 0.120 e. The number of ether oxygens (including phenoxy) is 2. The Morgan fingerprint density at radius 3 is 2.65 bits per heavy atom. The number of benzene rings is 2. The summed E-state index contributed by atoms with van der Waals surface area (Å²) in [7, 11) is 1.66. The molecular weight excluding hydrogens is 252 g/mol. The number of hydrogen-bond acceptors (Lipinski definition) is 3. The summed E-state index contributed by atoms with van der Waals surface area (Å²) < 4.78 is 10.5. The average molecular weight is 270 g/mol. The van der Waals surface area contributed by atoms with E-state index in [9.17, 15) is 0 Å². The summed E-state index contributed by atoms with van der Waals surface area (Å²) in [5.74, 6) is 6.80. The third kappa shape index (κ3) is 3.99. The highest BCUT2D eigenvalue weighted by molar-refractivity contribution is 5.85. The molecule has 0 bridgehead atoms. The molecule has 0 fully saturated rings. The predicted octanol–water partition coefficient (Wildman–Crippen LogP) is 2.60. The third-order valence-electron chi connectivity index (χ3n) is 2.84. The molecule has 0 radical (unpaired) electrons. The quantitative estimate of drug-likeness (QED) is 0.670. The molecule has 0 heterocycles. The fraction of sp³-hybridized carbons (Fsp3) is 0.294. The summed E-state index contributed by atoms with van der Waals surface area (Å²) in [5.41, 5.74) is 0.957. The molecule has 20 heavy (non-hydrogen) atoms. The molecule has 0 atom stereocenters.